The van der Waals surface area contributed by atoms with Gasteiger partial charge in [-0.3, -0.25) is 0 Å². The molecule has 234 valence electrons. The molecule has 1 aromatic heterocycles. The van der Waals surface area contributed by atoms with Crippen LogP contribution in [0.3, 0.4) is 0 Å². The van der Waals surface area contributed by atoms with Crippen molar-refractivity contribution < 1.29 is 30.5 Å². The van der Waals surface area contributed by atoms with Crippen LogP contribution in [0.25, 0.3) is 37.8 Å². The van der Waals surface area contributed by atoms with Crippen LogP contribution in [0, 0.1) is 0 Å². The molecule has 0 aliphatic carbocycles. The quantitative estimate of drug-likeness (QED) is 0.113. The van der Waals surface area contributed by atoms with E-state index in [1.807, 2.05) is 36.4 Å². The summed E-state index contributed by atoms with van der Waals surface area (Å²) in [7, 11) is -8.69. The van der Waals surface area contributed by atoms with E-state index in [9.17, 15) is 25.9 Å². The van der Waals surface area contributed by atoms with Crippen LogP contribution in [0.15, 0.2) is 94.4 Å². The van der Waals surface area contributed by atoms with E-state index in [0.717, 1.165) is 58.0 Å². The normalized spacial score (nSPS) is 15.1. The molecular weight excluding hydrogens is 649 g/mol. The molecule has 0 unspecified atom stereocenters. The van der Waals surface area contributed by atoms with Gasteiger partial charge in [-0.05, 0) is 53.5 Å². The number of hydrogen-bond acceptors (Lipinski definition) is 9. The van der Waals surface area contributed by atoms with E-state index in [4.69, 9.17) is 0 Å². The molecular formula is C33H31N2O6S4-. The number of fused-ring (bicyclic) bond motifs is 6. The van der Waals surface area contributed by atoms with Gasteiger partial charge in [0.1, 0.15) is 4.70 Å². The molecule has 0 radical (unpaired) electrons. The van der Waals surface area contributed by atoms with Crippen molar-refractivity contribution >= 4 is 86.9 Å². The van der Waals surface area contributed by atoms with E-state index in [1.54, 1.807) is 23.1 Å². The van der Waals surface area contributed by atoms with E-state index in [-0.39, 0.29) is 12.8 Å². The van der Waals surface area contributed by atoms with Crippen molar-refractivity contribution in [3.05, 3.63) is 94.5 Å². The molecule has 45 heavy (non-hydrogen) atoms. The number of allylic oxidation sites excluding steroid dienone is 2. The van der Waals surface area contributed by atoms with Crippen LogP contribution in [-0.2, 0) is 26.8 Å². The Balaban J connectivity index is 1.44. The summed E-state index contributed by atoms with van der Waals surface area (Å²) in [5.74, 6) is -0.875. The fourth-order valence-electron chi connectivity index (χ4n) is 5.77. The van der Waals surface area contributed by atoms with Gasteiger partial charge in [-0.25, -0.2) is 16.8 Å². The van der Waals surface area contributed by atoms with Gasteiger partial charge in [-0.15, -0.1) is 0 Å². The van der Waals surface area contributed by atoms with E-state index in [0.29, 0.717) is 19.5 Å². The molecule has 6 rings (SSSR count). The number of rotatable bonds is 11. The van der Waals surface area contributed by atoms with E-state index in [1.165, 1.54) is 0 Å². The highest BCUT2D eigenvalue weighted by Gasteiger charge is 2.28. The maximum Gasteiger partial charge on any atom is 0.263 e. The molecule has 8 nitrogen and oxygen atoms in total. The molecule has 0 amide bonds. The lowest BCUT2D eigenvalue weighted by molar-refractivity contribution is -0.667. The van der Waals surface area contributed by atoms with Gasteiger partial charge in [0, 0.05) is 40.8 Å². The third-order valence-corrected chi connectivity index (χ3v) is 11.6. The Morgan fingerprint density at radius 2 is 1.49 bits per heavy atom. The second-order valence-corrected chi connectivity index (χ2v) is 16.1. The van der Waals surface area contributed by atoms with E-state index < -0.39 is 31.7 Å². The molecule has 5 aromatic rings. The average molecular weight is 680 g/mol. The highest BCUT2D eigenvalue weighted by molar-refractivity contribution is 8.03. The van der Waals surface area contributed by atoms with Gasteiger partial charge in [0.15, 0.2) is 6.54 Å². The fourth-order valence-corrected chi connectivity index (χ4v) is 9.10. The van der Waals surface area contributed by atoms with Gasteiger partial charge in [-0.1, -0.05) is 84.6 Å². The second-order valence-electron chi connectivity index (χ2n) is 10.9. The first-order valence-corrected chi connectivity index (χ1v) is 19.4. The molecule has 1 aliphatic heterocycles. The minimum atomic E-state index is -4.34. The van der Waals surface area contributed by atoms with Gasteiger partial charge in [-0.2, -0.15) is 4.57 Å². The van der Waals surface area contributed by atoms with Gasteiger partial charge in [0.05, 0.1) is 36.3 Å². The Kier molecular flexibility index (Phi) is 9.06. The minimum Gasteiger partial charge on any atom is -0.748 e. The van der Waals surface area contributed by atoms with Crippen LogP contribution in [0.5, 0.6) is 0 Å². The molecule has 2 heterocycles. The first-order valence-electron chi connectivity index (χ1n) is 14.6. The number of benzene rings is 4. The minimum absolute atomic E-state index is 0.198. The van der Waals surface area contributed by atoms with Crippen molar-refractivity contribution in [2.75, 3.05) is 23.0 Å². The summed E-state index contributed by atoms with van der Waals surface area (Å²) < 4.78 is 71.8. The van der Waals surface area contributed by atoms with E-state index >= 15 is 0 Å². The zero-order chi connectivity index (χ0) is 31.8. The maximum absolute atomic E-state index is 11.4. The summed E-state index contributed by atoms with van der Waals surface area (Å²) in [4.78, 5) is 3.17. The lowest BCUT2D eigenvalue weighted by atomic mass is 10.1. The van der Waals surface area contributed by atoms with Gasteiger partial charge in [0.2, 0.25) is 5.52 Å². The highest BCUT2D eigenvalue weighted by atomic mass is 32.2. The molecule has 0 spiro atoms. The van der Waals surface area contributed by atoms with Gasteiger partial charge in [0.25, 0.3) is 5.01 Å². The second kappa shape index (κ2) is 12.9. The standard InChI is InChI=1S/C33H32N2O6S4/c1-2-23(21-30-34(17-7-19-44(36,37)38)32-26-11-5-3-9-24(26)13-15-28(32)42-30)22-31-35(18-8-20-45(39,40)41)33-27-12-6-4-10-25(27)14-16-29(33)43-31/h3-6,9-16,21-22H,2,7-8,17-20H2,1H3,(H-,36,37,38,39,40,41)/p-1. The smallest absolute Gasteiger partial charge is 0.263 e. The number of hydrogen-bond donors (Lipinski definition) is 0. The number of nitrogens with zero attached hydrogens (tertiary/aromatic N) is 2. The van der Waals surface area contributed by atoms with E-state index in [2.05, 4.69) is 64.9 Å². The molecule has 0 saturated heterocycles. The van der Waals surface area contributed by atoms with Crippen LogP contribution < -0.4 is 9.47 Å². The first kappa shape index (κ1) is 31.7. The Bertz CT molecular complexity index is 2210. The van der Waals surface area contributed by atoms with Crippen molar-refractivity contribution in [3.8, 4) is 0 Å². The molecule has 0 saturated carbocycles. The molecule has 4 aromatic carbocycles. The third-order valence-electron chi connectivity index (χ3n) is 7.81. The first-order chi connectivity index (χ1) is 21.5. The zero-order valence-corrected chi connectivity index (χ0v) is 27.8. The Morgan fingerprint density at radius 3 is 2.20 bits per heavy atom. The Labute approximate surface area is 271 Å². The third kappa shape index (κ3) is 7.11. The maximum atomic E-state index is 11.4. The molecule has 0 atom stereocenters. The summed E-state index contributed by atoms with van der Waals surface area (Å²) in [6.07, 6.45) is 5.32. The van der Waals surface area contributed by atoms with Gasteiger partial charge < -0.3 is 14.0 Å². The van der Waals surface area contributed by atoms with Crippen molar-refractivity contribution in [2.45, 2.75) is 37.6 Å². The molecule has 1 aliphatic rings. The summed E-state index contributed by atoms with van der Waals surface area (Å²) in [6, 6.07) is 24.4. The fraction of sp³-hybridized carbons (Fsp3) is 0.242. The lowest BCUT2D eigenvalue weighted by Crippen LogP contribution is -2.36. The van der Waals surface area contributed by atoms with Crippen molar-refractivity contribution in [1.29, 1.82) is 0 Å². The number of thiazole rings is 1. The Hall–Kier alpha value is -3.26. The number of aryl methyl sites for hydroxylation is 1. The SMILES string of the molecule is CCC(/C=C1\Sc2ccc3ccccc3c2N1CCCS(=O)(=O)[O-])=C\c1sc2ccc3ccccc3c2[n+]1CCCS(=O)(=O)[O-]. The van der Waals surface area contributed by atoms with Crippen molar-refractivity contribution in [1.82, 2.24) is 0 Å². The van der Waals surface area contributed by atoms with Crippen molar-refractivity contribution in [3.63, 3.8) is 0 Å². The topological polar surface area (TPSA) is 122 Å². The number of aromatic nitrogens is 1. The number of anilines is 1. The largest absolute Gasteiger partial charge is 0.748 e. The molecule has 0 bridgehead atoms. The molecule has 12 heteroatoms. The van der Waals surface area contributed by atoms with Crippen LogP contribution in [0.1, 0.15) is 31.2 Å². The van der Waals surface area contributed by atoms with Gasteiger partial charge >= 0.3 is 0 Å². The predicted octanol–water partition coefficient (Wildman–Crippen LogP) is 6.61. The van der Waals surface area contributed by atoms with Crippen molar-refractivity contribution in [2.24, 2.45) is 0 Å². The van der Waals surface area contributed by atoms with Crippen LogP contribution in [0.2, 0.25) is 0 Å². The lowest BCUT2D eigenvalue weighted by Gasteiger charge is -2.22. The monoisotopic (exact) mass is 679 g/mol. The van der Waals surface area contributed by atoms with Crippen LogP contribution in [-0.4, -0.2) is 44.0 Å². The Morgan fingerprint density at radius 1 is 0.844 bits per heavy atom. The average Bonchev–Trinajstić information content (AvgIpc) is 3.53. The number of thioether (sulfide) groups is 1. The molecule has 0 N–H and O–H groups in total. The van der Waals surface area contributed by atoms with Crippen LogP contribution >= 0.6 is 23.1 Å². The summed E-state index contributed by atoms with van der Waals surface area (Å²) in [5.41, 5.74) is 3.03. The predicted molar refractivity (Wildman–Crippen MR) is 181 cm³/mol. The summed E-state index contributed by atoms with van der Waals surface area (Å²) >= 11 is 3.23. The summed E-state index contributed by atoms with van der Waals surface area (Å²) in [5, 5.41) is 6.14. The highest BCUT2D eigenvalue weighted by Crippen LogP contribution is 2.50. The zero-order valence-electron chi connectivity index (χ0n) is 24.5. The summed E-state index contributed by atoms with van der Waals surface area (Å²) in [6.45, 7) is 2.81. The van der Waals surface area contributed by atoms with Crippen LogP contribution in [0.4, 0.5) is 5.69 Å². The molecule has 0 fully saturated rings.